The molecular formula is C8H6Br3N3O. The fourth-order valence-electron chi connectivity index (χ4n) is 0.953. The number of hydrogen-bond acceptors (Lipinski definition) is 2. The van der Waals surface area contributed by atoms with Gasteiger partial charge in [0.05, 0.1) is 4.47 Å². The van der Waals surface area contributed by atoms with Gasteiger partial charge in [0, 0.05) is 14.1 Å². The number of carbonyl (C=O) groups is 1. The molecule has 0 aromatic carbocycles. The first-order chi connectivity index (χ1) is 6.91. The largest absolute Gasteiger partial charge is 0.330 e. The Hall–Kier alpha value is -0.320. The number of rotatable bonds is 0. The summed E-state index contributed by atoms with van der Waals surface area (Å²) < 4.78 is 2.88. The molecule has 0 fully saturated rings. The van der Waals surface area contributed by atoms with Gasteiger partial charge in [0.2, 0.25) is 0 Å². The highest BCUT2D eigenvalue weighted by Gasteiger charge is 2.23. The fraction of sp³-hybridized carbons (Fsp3) is 0.250. The van der Waals surface area contributed by atoms with Crippen LogP contribution in [0.15, 0.2) is 13.7 Å². The molecule has 0 aliphatic rings. The topological polar surface area (TPSA) is 49.0 Å². The Morgan fingerprint density at radius 2 is 1.87 bits per heavy atom. The highest BCUT2D eigenvalue weighted by molar-refractivity contribution is 9.13. The Bertz CT molecular complexity index is 459. The van der Waals surface area contributed by atoms with Gasteiger partial charge >= 0.3 is 6.03 Å². The summed E-state index contributed by atoms with van der Waals surface area (Å²) in [5.74, 6) is 0. The van der Waals surface area contributed by atoms with Crippen LogP contribution in [0.2, 0.25) is 0 Å². The van der Waals surface area contributed by atoms with E-state index in [2.05, 4.69) is 47.8 Å². The molecule has 0 atom stereocenters. The summed E-state index contributed by atoms with van der Waals surface area (Å²) in [6.45, 7) is 0. The molecule has 1 heterocycles. The van der Waals surface area contributed by atoms with Crippen molar-refractivity contribution in [2.75, 3.05) is 14.1 Å². The third kappa shape index (κ3) is 2.12. The van der Waals surface area contributed by atoms with Crippen molar-refractivity contribution in [1.29, 1.82) is 5.26 Å². The van der Waals surface area contributed by atoms with E-state index >= 15 is 0 Å². The molecule has 1 amide bonds. The lowest BCUT2D eigenvalue weighted by Gasteiger charge is -2.12. The summed E-state index contributed by atoms with van der Waals surface area (Å²) in [5.41, 5.74) is 0.386. The van der Waals surface area contributed by atoms with Crippen LogP contribution < -0.4 is 0 Å². The van der Waals surface area contributed by atoms with Gasteiger partial charge in [-0.25, -0.2) is 9.36 Å². The number of amides is 1. The first kappa shape index (κ1) is 12.7. The van der Waals surface area contributed by atoms with E-state index in [1.54, 1.807) is 14.1 Å². The van der Waals surface area contributed by atoms with Crippen LogP contribution in [-0.2, 0) is 0 Å². The Morgan fingerprint density at radius 3 is 2.20 bits per heavy atom. The Balaban J connectivity index is 3.45. The van der Waals surface area contributed by atoms with Crippen LogP contribution in [0.3, 0.4) is 0 Å². The molecule has 0 radical (unpaired) electrons. The van der Waals surface area contributed by atoms with Crippen LogP contribution in [0.4, 0.5) is 4.79 Å². The minimum atomic E-state index is -0.240. The minimum absolute atomic E-state index is 0.240. The number of carbonyl (C=O) groups excluding carboxylic acids is 1. The number of nitriles is 1. The molecule has 0 saturated carbocycles. The van der Waals surface area contributed by atoms with Crippen molar-refractivity contribution in [3.8, 4) is 6.07 Å². The summed E-state index contributed by atoms with van der Waals surface area (Å²) in [6, 6.07) is 1.76. The summed E-state index contributed by atoms with van der Waals surface area (Å²) in [4.78, 5) is 13.2. The predicted molar refractivity (Wildman–Crippen MR) is 66.7 cm³/mol. The van der Waals surface area contributed by atoms with Crippen LogP contribution in [-0.4, -0.2) is 29.6 Å². The second kappa shape index (κ2) is 4.68. The van der Waals surface area contributed by atoms with E-state index in [0.717, 1.165) is 0 Å². The van der Waals surface area contributed by atoms with Crippen LogP contribution in [0.1, 0.15) is 5.56 Å². The first-order valence-electron chi connectivity index (χ1n) is 3.78. The number of nitrogens with zero attached hydrogens (tertiary/aromatic N) is 3. The normalized spacial score (nSPS) is 9.87. The van der Waals surface area contributed by atoms with Crippen LogP contribution in [0, 0.1) is 11.3 Å². The lowest BCUT2D eigenvalue weighted by atomic mass is 10.4. The average molecular weight is 400 g/mol. The minimum Gasteiger partial charge on any atom is -0.330 e. The zero-order valence-electron chi connectivity index (χ0n) is 7.88. The molecule has 80 valence electrons. The van der Waals surface area contributed by atoms with Crippen molar-refractivity contribution in [2.24, 2.45) is 0 Å². The summed E-state index contributed by atoms with van der Waals surface area (Å²) in [6.07, 6.45) is 0. The van der Waals surface area contributed by atoms with Gasteiger partial charge in [0.25, 0.3) is 0 Å². The maximum atomic E-state index is 11.8. The molecule has 15 heavy (non-hydrogen) atoms. The van der Waals surface area contributed by atoms with Gasteiger partial charge in [-0.1, -0.05) is 0 Å². The van der Waals surface area contributed by atoms with E-state index in [1.807, 2.05) is 6.07 Å². The highest BCUT2D eigenvalue weighted by Crippen LogP contribution is 2.35. The van der Waals surface area contributed by atoms with E-state index in [-0.39, 0.29) is 6.03 Å². The standard InChI is InChI=1S/C8H6Br3N3O/c1-13(2)8(15)14-6(10)4(3-12)5(9)7(14)11/h1-2H3. The maximum Gasteiger partial charge on any atom is 0.329 e. The fourth-order valence-corrected chi connectivity index (χ4v) is 3.05. The maximum absolute atomic E-state index is 11.8. The first-order valence-corrected chi connectivity index (χ1v) is 6.16. The monoisotopic (exact) mass is 397 g/mol. The molecule has 1 rings (SSSR count). The van der Waals surface area contributed by atoms with Crippen molar-refractivity contribution in [2.45, 2.75) is 0 Å². The molecule has 0 aliphatic heterocycles. The Kier molecular flexibility index (Phi) is 3.98. The van der Waals surface area contributed by atoms with E-state index in [0.29, 0.717) is 19.2 Å². The molecule has 0 aliphatic carbocycles. The van der Waals surface area contributed by atoms with Gasteiger partial charge in [-0.05, 0) is 47.8 Å². The van der Waals surface area contributed by atoms with E-state index in [1.165, 1.54) is 9.47 Å². The van der Waals surface area contributed by atoms with Gasteiger partial charge in [-0.2, -0.15) is 5.26 Å². The molecular weight excluding hydrogens is 394 g/mol. The quantitative estimate of drug-likeness (QED) is 0.672. The smallest absolute Gasteiger partial charge is 0.329 e. The van der Waals surface area contributed by atoms with E-state index in [9.17, 15) is 4.79 Å². The molecule has 7 heteroatoms. The average Bonchev–Trinajstić information content (AvgIpc) is 2.37. The van der Waals surface area contributed by atoms with Crippen molar-refractivity contribution < 1.29 is 4.79 Å². The molecule has 0 spiro atoms. The number of hydrogen-bond donors (Lipinski definition) is 0. The van der Waals surface area contributed by atoms with Crippen molar-refractivity contribution in [3.05, 3.63) is 19.2 Å². The summed E-state index contributed by atoms with van der Waals surface area (Å²) in [5, 5.41) is 8.89. The van der Waals surface area contributed by atoms with Crippen LogP contribution >= 0.6 is 47.8 Å². The Labute approximate surface area is 112 Å². The SMILES string of the molecule is CN(C)C(=O)n1c(Br)c(Br)c(C#N)c1Br. The molecule has 4 nitrogen and oxygen atoms in total. The molecule has 0 N–H and O–H groups in total. The van der Waals surface area contributed by atoms with E-state index < -0.39 is 0 Å². The second-order valence-corrected chi connectivity index (χ2v) is 5.19. The van der Waals surface area contributed by atoms with Gasteiger partial charge in [-0.3, -0.25) is 0 Å². The second-order valence-electron chi connectivity index (χ2n) is 2.89. The zero-order valence-corrected chi connectivity index (χ0v) is 12.6. The number of halogens is 3. The van der Waals surface area contributed by atoms with Crippen LogP contribution in [0.5, 0.6) is 0 Å². The van der Waals surface area contributed by atoms with Crippen molar-refractivity contribution in [1.82, 2.24) is 9.47 Å². The summed E-state index contributed by atoms with van der Waals surface area (Å²) in [7, 11) is 3.28. The Morgan fingerprint density at radius 1 is 1.33 bits per heavy atom. The molecule has 0 unspecified atom stereocenters. The molecule has 1 aromatic heterocycles. The van der Waals surface area contributed by atoms with E-state index in [4.69, 9.17) is 5.26 Å². The molecule has 0 bridgehead atoms. The zero-order chi connectivity index (χ0) is 11.7. The highest BCUT2D eigenvalue weighted by atomic mass is 79.9. The molecule has 0 saturated heterocycles. The lowest BCUT2D eigenvalue weighted by molar-refractivity contribution is 0.218. The van der Waals surface area contributed by atoms with Crippen molar-refractivity contribution in [3.63, 3.8) is 0 Å². The van der Waals surface area contributed by atoms with Gasteiger partial charge in [-0.15, -0.1) is 0 Å². The lowest BCUT2D eigenvalue weighted by Crippen LogP contribution is -2.27. The molecule has 1 aromatic rings. The van der Waals surface area contributed by atoms with Crippen molar-refractivity contribution >= 4 is 53.8 Å². The van der Waals surface area contributed by atoms with Crippen LogP contribution in [0.25, 0.3) is 0 Å². The number of aromatic nitrogens is 1. The summed E-state index contributed by atoms with van der Waals surface area (Å²) >= 11 is 9.70. The predicted octanol–water partition coefficient (Wildman–Crippen LogP) is 3.18. The van der Waals surface area contributed by atoms with Gasteiger partial charge in [0.1, 0.15) is 20.8 Å². The van der Waals surface area contributed by atoms with Gasteiger partial charge in [0.15, 0.2) is 0 Å². The third-order valence-electron chi connectivity index (χ3n) is 1.69. The van der Waals surface area contributed by atoms with Gasteiger partial charge < -0.3 is 4.90 Å². The third-order valence-corrected chi connectivity index (χ3v) is 4.49.